The summed E-state index contributed by atoms with van der Waals surface area (Å²) in [5.74, 6) is -0.916. The molecule has 0 unspecified atom stereocenters. The molecule has 2 heterocycles. The lowest BCUT2D eigenvalue weighted by Crippen LogP contribution is -2.40. The van der Waals surface area contributed by atoms with Crippen molar-refractivity contribution in [1.29, 1.82) is 0 Å². The molecule has 1 radical (unpaired) electrons. The first kappa shape index (κ1) is 22.0. The number of nitrogens with zero attached hydrogens (tertiary/aromatic N) is 2. The molecule has 32 heavy (non-hydrogen) atoms. The number of pyridine rings is 1. The van der Waals surface area contributed by atoms with Gasteiger partial charge in [0, 0.05) is 24.7 Å². The largest absolute Gasteiger partial charge is 0.569 e. The number of carboxylic acid groups (broad SMARTS) is 1. The number of para-hydroxylation sites is 1. The van der Waals surface area contributed by atoms with Crippen LogP contribution in [0.4, 0.5) is 11.4 Å². The third-order valence-corrected chi connectivity index (χ3v) is 6.91. The first-order valence-corrected chi connectivity index (χ1v) is 11.1. The summed E-state index contributed by atoms with van der Waals surface area (Å²) in [6.45, 7) is 0.923. The van der Waals surface area contributed by atoms with Crippen LogP contribution in [-0.2, 0) is 14.8 Å². The van der Waals surface area contributed by atoms with Gasteiger partial charge in [-0.1, -0.05) is 12.1 Å². The summed E-state index contributed by atoms with van der Waals surface area (Å²) in [4.78, 5) is 15.9. The van der Waals surface area contributed by atoms with Crippen LogP contribution in [0.2, 0.25) is 0 Å². The molecule has 1 aromatic heterocycles. The highest BCUT2D eigenvalue weighted by Crippen LogP contribution is 2.36. The second kappa shape index (κ2) is 9.13. The monoisotopic (exact) mass is 456 g/mol. The van der Waals surface area contributed by atoms with E-state index in [2.05, 4.69) is 10.3 Å². The molecule has 3 aromatic rings. The molecule has 1 aliphatic heterocycles. The Morgan fingerprint density at radius 2 is 1.94 bits per heavy atom. The van der Waals surface area contributed by atoms with E-state index < -0.39 is 16.0 Å². The minimum Gasteiger partial charge on any atom is -0.537 e. The summed E-state index contributed by atoms with van der Waals surface area (Å²) in [6.07, 6.45) is 1.25. The van der Waals surface area contributed by atoms with Gasteiger partial charge in [0.2, 0.25) is 10.0 Å². The van der Waals surface area contributed by atoms with Crippen molar-refractivity contribution in [3.63, 3.8) is 0 Å². The number of aromatic carboxylic acids is 1. The van der Waals surface area contributed by atoms with Crippen molar-refractivity contribution in [2.24, 2.45) is 0 Å². The van der Waals surface area contributed by atoms with Crippen LogP contribution in [0, 0.1) is 0 Å². The van der Waals surface area contributed by atoms with Crippen molar-refractivity contribution >= 4 is 46.0 Å². The maximum Gasteiger partial charge on any atom is 0.569 e. The quantitative estimate of drug-likeness (QED) is 0.453. The molecule has 1 aliphatic rings. The maximum absolute atomic E-state index is 13.5. The van der Waals surface area contributed by atoms with Gasteiger partial charge in [-0.05, 0) is 30.3 Å². The minimum absolute atomic E-state index is 0.0247. The van der Waals surface area contributed by atoms with Gasteiger partial charge in [0.15, 0.2) is 0 Å². The van der Waals surface area contributed by atoms with E-state index in [0.717, 1.165) is 0 Å². The molecule has 10 nitrogen and oxygen atoms in total. The van der Waals surface area contributed by atoms with Crippen molar-refractivity contribution < 1.29 is 32.7 Å². The number of carbonyl (C=O) groups is 1. The Hall–Kier alpha value is -3.19. The number of rotatable bonds is 7. The molecule has 0 spiro atoms. The number of aromatic nitrogens is 1. The highest BCUT2D eigenvalue weighted by atomic mass is 32.2. The second-order valence-corrected chi connectivity index (χ2v) is 8.80. The van der Waals surface area contributed by atoms with Gasteiger partial charge in [0.25, 0.3) is 0 Å². The van der Waals surface area contributed by atoms with E-state index in [1.807, 2.05) is 0 Å². The summed E-state index contributed by atoms with van der Waals surface area (Å²) in [5.41, 5.74) is 0.791. The van der Waals surface area contributed by atoms with Gasteiger partial charge >= 0.3 is 13.7 Å². The SMILES string of the molecule is O=C(O)c1ccccc1Nc1c(S(=O)(=O)N2CCOCC2)cnc2ccc(O[B]O)cc12. The topological polar surface area (TPSA) is 138 Å². The van der Waals surface area contributed by atoms with Crippen LogP contribution in [0.15, 0.2) is 53.6 Å². The molecule has 3 N–H and O–H groups in total. The first-order valence-electron chi connectivity index (χ1n) is 9.64. The molecule has 0 bridgehead atoms. The Labute approximate surface area is 184 Å². The van der Waals surface area contributed by atoms with Crippen molar-refractivity contribution in [2.75, 3.05) is 31.6 Å². The zero-order valence-electron chi connectivity index (χ0n) is 16.8. The van der Waals surface area contributed by atoms with Gasteiger partial charge in [-0.25, -0.2) is 13.2 Å². The molecule has 0 aliphatic carbocycles. The summed E-state index contributed by atoms with van der Waals surface area (Å²) in [7, 11) is -3.47. The number of hydrogen-bond acceptors (Lipinski definition) is 8. The highest BCUT2D eigenvalue weighted by molar-refractivity contribution is 7.89. The first-order chi connectivity index (χ1) is 15.4. The predicted octanol–water partition coefficient (Wildman–Crippen LogP) is 1.60. The lowest BCUT2D eigenvalue weighted by Gasteiger charge is -2.27. The molecule has 1 saturated heterocycles. The van der Waals surface area contributed by atoms with Gasteiger partial charge < -0.3 is 24.8 Å². The number of fused-ring (bicyclic) bond motifs is 1. The third kappa shape index (κ3) is 4.25. The van der Waals surface area contributed by atoms with Crippen LogP contribution >= 0.6 is 0 Å². The highest BCUT2D eigenvalue weighted by Gasteiger charge is 2.30. The summed E-state index contributed by atoms with van der Waals surface area (Å²) >= 11 is 0. The Morgan fingerprint density at radius 3 is 2.66 bits per heavy atom. The number of hydrogen-bond donors (Lipinski definition) is 3. The zero-order chi connectivity index (χ0) is 22.7. The Bertz CT molecular complexity index is 1260. The molecule has 0 amide bonds. The lowest BCUT2D eigenvalue weighted by molar-refractivity contribution is 0.0698. The summed E-state index contributed by atoms with van der Waals surface area (Å²) in [5, 5.41) is 21.9. The molecule has 12 heteroatoms. The van der Waals surface area contributed by atoms with E-state index in [1.165, 1.54) is 22.6 Å². The molecular formula is C20H19BN3O7S. The molecule has 0 atom stereocenters. The average molecular weight is 456 g/mol. The second-order valence-electron chi connectivity index (χ2n) is 6.89. The van der Waals surface area contributed by atoms with Gasteiger partial charge in [-0.15, -0.1) is 0 Å². The average Bonchev–Trinajstić information content (AvgIpc) is 2.80. The van der Waals surface area contributed by atoms with E-state index in [0.29, 0.717) is 18.6 Å². The number of morpholine rings is 1. The van der Waals surface area contributed by atoms with Crippen LogP contribution < -0.4 is 9.97 Å². The summed E-state index contributed by atoms with van der Waals surface area (Å²) in [6, 6.07) is 10.9. The smallest absolute Gasteiger partial charge is 0.537 e. The molecule has 4 rings (SSSR count). The maximum atomic E-state index is 13.5. The van der Waals surface area contributed by atoms with E-state index in [4.69, 9.17) is 14.4 Å². The molecular weight excluding hydrogens is 437 g/mol. The van der Waals surface area contributed by atoms with E-state index >= 15 is 0 Å². The number of carboxylic acids is 1. The van der Waals surface area contributed by atoms with Crippen LogP contribution in [-0.4, -0.2) is 67.8 Å². The van der Waals surface area contributed by atoms with Gasteiger partial charge in [0.1, 0.15) is 10.6 Å². The number of ether oxygens (including phenoxy) is 1. The Kier molecular flexibility index (Phi) is 6.28. The summed E-state index contributed by atoms with van der Waals surface area (Å²) < 4.78 is 38.5. The Balaban J connectivity index is 1.93. The van der Waals surface area contributed by atoms with Gasteiger partial charge in [0.05, 0.1) is 35.7 Å². The number of sulfonamides is 1. The van der Waals surface area contributed by atoms with Crippen molar-refractivity contribution in [3.05, 3.63) is 54.2 Å². The fourth-order valence-electron chi connectivity index (χ4n) is 3.45. The van der Waals surface area contributed by atoms with Gasteiger partial charge in [-0.2, -0.15) is 4.31 Å². The van der Waals surface area contributed by atoms with Gasteiger partial charge in [-0.3, -0.25) is 4.98 Å². The number of benzene rings is 2. The van der Waals surface area contributed by atoms with Crippen molar-refractivity contribution in [1.82, 2.24) is 9.29 Å². The predicted molar refractivity (Wildman–Crippen MR) is 117 cm³/mol. The molecule has 1 fully saturated rings. The number of nitrogens with one attached hydrogen (secondary N) is 1. The van der Waals surface area contributed by atoms with Crippen LogP contribution in [0.3, 0.4) is 0 Å². The van der Waals surface area contributed by atoms with Crippen molar-refractivity contribution in [2.45, 2.75) is 4.90 Å². The number of anilines is 2. The minimum atomic E-state index is -3.98. The van der Waals surface area contributed by atoms with Crippen LogP contribution in [0.25, 0.3) is 10.9 Å². The normalized spacial score (nSPS) is 14.8. The molecule has 165 valence electrons. The molecule has 2 aromatic carbocycles. The Morgan fingerprint density at radius 1 is 1.19 bits per heavy atom. The van der Waals surface area contributed by atoms with Crippen LogP contribution in [0.1, 0.15) is 10.4 Å². The fourth-order valence-corrected chi connectivity index (χ4v) is 4.96. The lowest BCUT2D eigenvalue weighted by atomic mass is 10.1. The van der Waals surface area contributed by atoms with E-state index in [-0.39, 0.29) is 53.9 Å². The third-order valence-electron chi connectivity index (χ3n) is 5.00. The van der Waals surface area contributed by atoms with Crippen LogP contribution in [0.5, 0.6) is 5.75 Å². The zero-order valence-corrected chi connectivity index (χ0v) is 17.6. The fraction of sp³-hybridized carbons (Fsp3) is 0.200. The molecule has 0 saturated carbocycles. The van der Waals surface area contributed by atoms with Crippen molar-refractivity contribution in [3.8, 4) is 5.75 Å². The van der Waals surface area contributed by atoms with E-state index in [1.54, 1.807) is 30.3 Å². The van der Waals surface area contributed by atoms with E-state index in [9.17, 15) is 18.3 Å². The standard InChI is InChI=1S/C20H19BN3O7S/c25-20(26)14-3-1-2-4-17(14)23-19-15-11-13(31-21-27)5-6-16(15)22-12-18(19)32(28,29)24-7-9-30-10-8-24/h1-6,11-12,27H,7-10H2,(H,22,23)(H,25,26).